The highest BCUT2D eigenvalue weighted by Crippen LogP contribution is 2.38. The summed E-state index contributed by atoms with van der Waals surface area (Å²) in [6.07, 6.45) is 3.29. The highest BCUT2D eigenvalue weighted by molar-refractivity contribution is 7.99. The lowest BCUT2D eigenvalue weighted by atomic mass is 10.0. The first-order valence-electron chi connectivity index (χ1n) is 11.5. The predicted octanol–water partition coefficient (Wildman–Crippen LogP) is 6.60. The van der Waals surface area contributed by atoms with E-state index in [0.717, 1.165) is 59.2 Å². The first-order chi connectivity index (χ1) is 16.3. The van der Waals surface area contributed by atoms with E-state index in [1.165, 1.54) is 11.8 Å². The van der Waals surface area contributed by atoms with Crippen LogP contribution in [0.3, 0.4) is 0 Å². The van der Waals surface area contributed by atoms with Crippen molar-refractivity contribution in [2.24, 2.45) is 0 Å². The Morgan fingerprint density at radius 2 is 1.45 bits per heavy atom. The molecule has 1 aromatic heterocycles. The highest BCUT2D eigenvalue weighted by Gasteiger charge is 2.22. The Kier molecular flexibility index (Phi) is 7.99. The van der Waals surface area contributed by atoms with Gasteiger partial charge in [0, 0.05) is 23.4 Å². The zero-order valence-electron chi connectivity index (χ0n) is 18.9. The molecule has 1 N–H and O–H groups in total. The molecule has 0 saturated carbocycles. The van der Waals surface area contributed by atoms with Crippen molar-refractivity contribution < 1.29 is 4.79 Å². The summed E-state index contributed by atoms with van der Waals surface area (Å²) in [7, 11) is 0. The van der Waals surface area contributed by atoms with E-state index in [0.29, 0.717) is 5.75 Å². The van der Waals surface area contributed by atoms with Crippen LogP contribution in [0.1, 0.15) is 26.2 Å². The topological polar surface area (TPSA) is 46.9 Å². The van der Waals surface area contributed by atoms with Gasteiger partial charge >= 0.3 is 0 Å². The molecule has 0 atom stereocenters. The SMILES string of the molecule is CCCCCNC(=O)CSc1nc(-c2ccccc2)c(-c2ccccc2)n1-c1ccccc1. The molecule has 0 saturated heterocycles. The van der Waals surface area contributed by atoms with Crippen molar-refractivity contribution in [2.75, 3.05) is 12.3 Å². The molecule has 33 heavy (non-hydrogen) atoms. The summed E-state index contributed by atoms with van der Waals surface area (Å²) in [5.74, 6) is 0.375. The molecule has 168 valence electrons. The first-order valence-corrected chi connectivity index (χ1v) is 12.4. The minimum absolute atomic E-state index is 0.0428. The number of rotatable bonds is 10. The Morgan fingerprint density at radius 3 is 2.09 bits per heavy atom. The molecule has 4 aromatic rings. The number of thioether (sulfide) groups is 1. The number of hydrogen-bond donors (Lipinski definition) is 1. The van der Waals surface area contributed by atoms with E-state index in [2.05, 4.69) is 53.2 Å². The third-order valence-corrected chi connectivity index (χ3v) is 6.33. The summed E-state index contributed by atoms with van der Waals surface area (Å²) in [6, 6.07) is 30.8. The summed E-state index contributed by atoms with van der Waals surface area (Å²) in [6.45, 7) is 2.89. The average molecular weight is 456 g/mol. The van der Waals surface area contributed by atoms with Crippen molar-refractivity contribution >= 4 is 17.7 Å². The van der Waals surface area contributed by atoms with Crippen LogP contribution in [-0.4, -0.2) is 27.8 Å². The van der Waals surface area contributed by atoms with Gasteiger partial charge in [0.25, 0.3) is 0 Å². The second kappa shape index (κ2) is 11.5. The van der Waals surface area contributed by atoms with Crippen LogP contribution in [0.15, 0.2) is 96.2 Å². The predicted molar refractivity (Wildman–Crippen MR) is 138 cm³/mol. The van der Waals surface area contributed by atoms with Crippen molar-refractivity contribution in [1.29, 1.82) is 0 Å². The Labute approximate surface area is 200 Å². The molecule has 0 radical (unpaired) electrons. The van der Waals surface area contributed by atoms with Crippen LogP contribution in [-0.2, 0) is 4.79 Å². The van der Waals surface area contributed by atoms with Gasteiger partial charge in [-0.1, -0.05) is 110 Å². The third-order valence-electron chi connectivity index (χ3n) is 5.39. The lowest BCUT2D eigenvalue weighted by molar-refractivity contribution is -0.118. The van der Waals surface area contributed by atoms with Crippen LogP contribution in [0, 0.1) is 0 Å². The largest absolute Gasteiger partial charge is 0.355 e. The van der Waals surface area contributed by atoms with E-state index in [4.69, 9.17) is 4.98 Å². The fourth-order valence-electron chi connectivity index (χ4n) is 3.76. The number of unbranched alkanes of at least 4 members (excludes halogenated alkanes) is 2. The van der Waals surface area contributed by atoms with E-state index >= 15 is 0 Å². The summed E-state index contributed by atoms with van der Waals surface area (Å²) < 4.78 is 2.17. The molecule has 3 aromatic carbocycles. The number of imidazole rings is 1. The number of carbonyl (C=O) groups is 1. The van der Waals surface area contributed by atoms with Gasteiger partial charge in [-0.2, -0.15) is 0 Å². The van der Waals surface area contributed by atoms with Crippen LogP contribution >= 0.6 is 11.8 Å². The zero-order valence-corrected chi connectivity index (χ0v) is 19.7. The fourth-order valence-corrected chi connectivity index (χ4v) is 4.60. The average Bonchev–Trinajstić information content (AvgIpc) is 3.26. The van der Waals surface area contributed by atoms with Gasteiger partial charge in [-0.3, -0.25) is 9.36 Å². The van der Waals surface area contributed by atoms with E-state index in [1.54, 1.807) is 0 Å². The van der Waals surface area contributed by atoms with Crippen LogP contribution in [0.25, 0.3) is 28.2 Å². The van der Waals surface area contributed by atoms with Crippen molar-refractivity contribution in [3.8, 4) is 28.2 Å². The van der Waals surface area contributed by atoms with E-state index in [9.17, 15) is 4.79 Å². The van der Waals surface area contributed by atoms with Gasteiger partial charge in [0.1, 0.15) is 0 Å². The number of benzene rings is 3. The maximum absolute atomic E-state index is 12.5. The number of nitrogens with zero attached hydrogens (tertiary/aromatic N) is 2. The molecule has 4 rings (SSSR count). The van der Waals surface area contributed by atoms with E-state index < -0.39 is 0 Å². The van der Waals surface area contributed by atoms with E-state index in [-0.39, 0.29) is 5.91 Å². The lowest BCUT2D eigenvalue weighted by Crippen LogP contribution is -2.26. The quantitative estimate of drug-likeness (QED) is 0.216. The fraction of sp³-hybridized carbons (Fsp3) is 0.214. The monoisotopic (exact) mass is 455 g/mol. The highest BCUT2D eigenvalue weighted by atomic mass is 32.2. The van der Waals surface area contributed by atoms with Crippen LogP contribution in [0.4, 0.5) is 0 Å². The number of amides is 1. The molecule has 0 spiro atoms. The first kappa shape index (κ1) is 22.9. The number of hydrogen-bond acceptors (Lipinski definition) is 3. The molecule has 1 heterocycles. The minimum Gasteiger partial charge on any atom is -0.355 e. The standard InChI is InChI=1S/C28H29N3OS/c1-2-3-13-20-29-25(32)21-33-28-30-26(22-14-7-4-8-15-22)27(23-16-9-5-10-17-23)31(28)24-18-11-6-12-19-24/h4-12,14-19H,2-3,13,20-21H2,1H3,(H,29,32). The number of para-hydroxylation sites is 1. The molecule has 0 aliphatic heterocycles. The molecule has 0 aliphatic carbocycles. The second-order valence-corrected chi connectivity index (χ2v) is 8.78. The van der Waals surface area contributed by atoms with Gasteiger partial charge in [0.2, 0.25) is 5.91 Å². The lowest BCUT2D eigenvalue weighted by Gasteiger charge is -2.13. The van der Waals surface area contributed by atoms with Gasteiger partial charge in [-0.15, -0.1) is 0 Å². The summed E-state index contributed by atoms with van der Waals surface area (Å²) >= 11 is 1.48. The van der Waals surface area contributed by atoms with Crippen molar-refractivity contribution in [3.63, 3.8) is 0 Å². The Hall–Kier alpha value is -3.31. The molecule has 0 unspecified atom stereocenters. The zero-order chi connectivity index (χ0) is 22.9. The Bertz CT molecular complexity index is 1160. The molecular formula is C28H29N3OS. The normalized spacial score (nSPS) is 10.8. The van der Waals surface area contributed by atoms with E-state index in [1.807, 2.05) is 54.6 Å². The van der Waals surface area contributed by atoms with Gasteiger partial charge in [-0.25, -0.2) is 4.98 Å². The third kappa shape index (κ3) is 5.74. The summed E-state index contributed by atoms with van der Waals surface area (Å²) in [4.78, 5) is 17.6. The van der Waals surface area contributed by atoms with Gasteiger partial charge in [0.15, 0.2) is 5.16 Å². The second-order valence-electron chi connectivity index (χ2n) is 7.84. The van der Waals surface area contributed by atoms with Crippen LogP contribution in [0.5, 0.6) is 0 Å². The van der Waals surface area contributed by atoms with Crippen molar-refractivity contribution in [3.05, 3.63) is 91.0 Å². The summed E-state index contributed by atoms with van der Waals surface area (Å²) in [5.41, 5.74) is 5.10. The molecule has 0 aliphatic rings. The van der Waals surface area contributed by atoms with Crippen LogP contribution in [0.2, 0.25) is 0 Å². The Morgan fingerprint density at radius 1 is 0.848 bits per heavy atom. The molecular weight excluding hydrogens is 426 g/mol. The number of carbonyl (C=O) groups excluding carboxylic acids is 1. The molecule has 4 nitrogen and oxygen atoms in total. The van der Waals surface area contributed by atoms with Gasteiger partial charge in [0.05, 0.1) is 17.1 Å². The van der Waals surface area contributed by atoms with Crippen molar-refractivity contribution in [2.45, 2.75) is 31.3 Å². The van der Waals surface area contributed by atoms with Crippen LogP contribution < -0.4 is 5.32 Å². The van der Waals surface area contributed by atoms with Gasteiger partial charge < -0.3 is 5.32 Å². The molecule has 1 amide bonds. The smallest absolute Gasteiger partial charge is 0.230 e. The molecule has 0 bridgehead atoms. The maximum atomic E-state index is 12.5. The van der Waals surface area contributed by atoms with Gasteiger partial charge in [-0.05, 0) is 18.6 Å². The molecule has 0 fully saturated rings. The van der Waals surface area contributed by atoms with Crippen molar-refractivity contribution in [1.82, 2.24) is 14.9 Å². The number of aromatic nitrogens is 2. The molecule has 5 heteroatoms. The summed E-state index contributed by atoms with van der Waals surface area (Å²) in [5, 5.41) is 3.84. The minimum atomic E-state index is 0.0428. The Balaban J connectivity index is 1.74. The maximum Gasteiger partial charge on any atom is 0.230 e. The number of nitrogens with one attached hydrogen (secondary N) is 1.